The Bertz CT molecular complexity index is 1200. The minimum absolute atomic E-state index is 0.0343. The van der Waals surface area contributed by atoms with Gasteiger partial charge in [0.25, 0.3) is 5.91 Å². The van der Waals surface area contributed by atoms with Crippen LogP contribution < -0.4 is 9.80 Å². The van der Waals surface area contributed by atoms with Crippen molar-refractivity contribution in [1.29, 1.82) is 0 Å². The lowest BCUT2D eigenvalue weighted by atomic mass is 10.1. The second kappa shape index (κ2) is 10.4. The molecule has 4 rings (SSSR count). The number of hydrogen-bond acceptors (Lipinski definition) is 5. The van der Waals surface area contributed by atoms with E-state index in [0.717, 1.165) is 23.1 Å². The minimum atomic E-state index is -4.68. The van der Waals surface area contributed by atoms with Gasteiger partial charge in [-0.15, -0.1) is 0 Å². The number of aliphatic hydroxyl groups excluding tert-OH is 1. The number of halogens is 5. The quantitative estimate of drug-likeness (QED) is 0.564. The summed E-state index contributed by atoms with van der Waals surface area (Å²) in [6, 6.07) is 3.44. The summed E-state index contributed by atoms with van der Waals surface area (Å²) in [4.78, 5) is 36.7. The molecular weight excluding hydrogens is 518 g/mol. The van der Waals surface area contributed by atoms with Crippen LogP contribution in [0, 0.1) is 12.7 Å². The summed E-state index contributed by atoms with van der Waals surface area (Å²) in [7, 11) is 1.41. The van der Waals surface area contributed by atoms with E-state index >= 15 is 0 Å². The van der Waals surface area contributed by atoms with E-state index in [1.54, 1.807) is 0 Å². The number of β-amino-alcohol motifs (C(OH)–C–C–N with tert-alkyl or cyclic N) is 1. The van der Waals surface area contributed by atoms with E-state index in [9.17, 15) is 32.3 Å². The molecule has 0 aliphatic carbocycles. The fourth-order valence-electron chi connectivity index (χ4n) is 4.55. The molecule has 37 heavy (non-hydrogen) atoms. The summed E-state index contributed by atoms with van der Waals surface area (Å²) in [6.45, 7) is 3.02. The summed E-state index contributed by atoms with van der Waals surface area (Å²) < 4.78 is 54.2. The maximum atomic E-state index is 13.6. The summed E-state index contributed by atoms with van der Waals surface area (Å²) in [5.74, 6) is -1.57. The molecule has 1 N–H and O–H groups in total. The van der Waals surface area contributed by atoms with Crippen LogP contribution in [-0.4, -0.2) is 83.7 Å². The highest BCUT2D eigenvalue weighted by atomic mass is 35.5. The van der Waals surface area contributed by atoms with Gasteiger partial charge in [0.1, 0.15) is 17.7 Å². The van der Waals surface area contributed by atoms with Crippen LogP contribution in [0.2, 0.25) is 5.02 Å². The standard InChI is InChI=1S/C24H26ClF4N5O3/c1-14-9-15(24(27,28)29)10-21(30-14)34-20(22(36)31(2)16-3-4-19(26)18(25)11-16)13-33(23(34)37)8-7-32-6-5-17(35)12-32/h3-4,9-11,17,20,35H,5-8,12-13H2,1-2H3/t17-,20?/m0/s1. The monoisotopic (exact) mass is 543 g/mol. The van der Waals surface area contributed by atoms with Crippen LogP contribution in [0.25, 0.3) is 0 Å². The SMILES string of the molecule is Cc1cc(C(F)(F)F)cc(N2C(=O)N(CCN3CC[C@H](O)C3)CC2C(=O)N(C)c2ccc(F)c(Cl)c2)n1. The van der Waals surface area contributed by atoms with Crippen molar-refractivity contribution < 1.29 is 32.3 Å². The normalized spacial score (nSPS) is 20.7. The van der Waals surface area contributed by atoms with Crippen molar-refractivity contribution in [2.75, 3.05) is 49.6 Å². The number of urea groups is 1. The molecule has 8 nitrogen and oxygen atoms in total. The van der Waals surface area contributed by atoms with Crippen LogP contribution in [0.4, 0.5) is 33.9 Å². The number of amides is 3. The Kier molecular flexibility index (Phi) is 7.63. The van der Waals surface area contributed by atoms with Crippen LogP contribution >= 0.6 is 11.6 Å². The zero-order valence-electron chi connectivity index (χ0n) is 20.2. The Morgan fingerprint density at radius 3 is 2.57 bits per heavy atom. The van der Waals surface area contributed by atoms with E-state index in [-0.39, 0.29) is 35.3 Å². The van der Waals surface area contributed by atoms with Gasteiger partial charge in [-0.25, -0.2) is 14.2 Å². The van der Waals surface area contributed by atoms with E-state index in [0.29, 0.717) is 26.1 Å². The first-order valence-corrected chi connectivity index (χ1v) is 12.0. The zero-order valence-corrected chi connectivity index (χ0v) is 20.9. The first kappa shape index (κ1) is 27.1. The maximum absolute atomic E-state index is 13.6. The smallest absolute Gasteiger partial charge is 0.392 e. The predicted molar refractivity (Wildman–Crippen MR) is 129 cm³/mol. The molecule has 200 valence electrons. The molecule has 13 heteroatoms. The molecule has 1 unspecified atom stereocenters. The third-order valence-electron chi connectivity index (χ3n) is 6.54. The van der Waals surface area contributed by atoms with E-state index in [1.807, 2.05) is 4.90 Å². The number of aliphatic hydroxyl groups is 1. The van der Waals surface area contributed by atoms with Gasteiger partial charge in [0.2, 0.25) is 0 Å². The largest absolute Gasteiger partial charge is 0.416 e. The van der Waals surface area contributed by atoms with Gasteiger partial charge in [-0.05, 0) is 43.7 Å². The topological polar surface area (TPSA) is 80.2 Å². The molecule has 2 fully saturated rings. The molecule has 2 atom stereocenters. The number of nitrogens with zero attached hydrogens (tertiary/aromatic N) is 5. The number of carbonyl (C=O) groups excluding carboxylic acids is 2. The number of rotatable bonds is 6. The van der Waals surface area contributed by atoms with Crippen LogP contribution in [-0.2, 0) is 11.0 Å². The molecule has 3 amide bonds. The van der Waals surface area contributed by atoms with Crippen LogP contribution in [0.5, 0.6) is 0 Å². The van der Waals surface area contributed by atoms with Crippen molar-refractivity contribution in [1.82, 2.24) is 14.8 Å². The van der Waals surface area contributed by atoms with Crippen molar-refractivity contribution in [2.24, 2.45) is 0 Å². The van der Waals surface area contributed by atoms with E-state index in [2.05, 4.69) is 4.98 Å². The van der Waals surface area contributed by atoms with Crippen molar-refractivity contribution in [3.63, 3.8) is 0 Å². The van der Waals surface area contributed by atoms with Crippen molar-refractivity contribution in [3.8, 4) is 0 Å². The van der Waals surface area contributed by atoms with Crippen molar-refractivity contribution in [2.45, 2.75) is 31.7 Å². The molecule has 1 aromatic carbocycles. The van der Waals surface area contributed by atoms with Crippen LogP contribution in [0.15, 0.2) is 30.3 Å². The summed E-state index contributed by atoms with van der Waals surface area (Å²) in [5.41, 5.74) is -0.703. The highest BCUT2D eigenvalue weighted by molar-refractivity contribution is 6.31. The van der Waals surface area contributed by atoms with Gasteiger partial charge in [0.15, 0.2) is 0 Å². The minimum Gasteiger partial charge on any atom is -0.392 e. The third kappa shape index (κ3) is 5.81. The molecule has 2 aliphatic heterocycles. The van der Waals surface area contributed by atoms with Gasteiger partial charge in [0.05, 0.1) is 23.2 Å². The first-order valence-electron chi connectivity index (χ1n) is 11.6. The van der Waals surface area contributed by atoms with Gasteiger partial charge in [-0.2, -0.15) is 13.2 Å². The van der Waals surface area contributed by atoms with Crippen molar-refractivity contribution >= 4 is 35.0 Å². The van der Waals surface area contributed by atoms with Gasteiger partial charge in [0, 0.05) is 44.6 Å². The lowest BCUT2D eigenvalue weighted by Gasteiger charge is -2.27. The Balaban J connectivity index is 1.66. The lowest BCUT2D eigenvalue weighted by Crippen LogP contribution is -2.47. The molecule has 2 aromatic rings. The molecule has 0 radical (unpaired) electrons. The Hall–Kier alpha value is -2.96. The highest BCUT2D eigenvalue weighted by Gasteiger charge is 2.45. The fourth-order valence-corrected chi connectivity index (χ4v) is 4.72. The molecule has 0 bridgehead atoms. The lowest BCUT2D eigenvalue weighted by molar-refractivity contribution is -0.137. The summed E-state index contributed by atoms with van der Waals surface area (Å²) >= 11 is 5.86. The first-order chi connectivity index (χ1) is 17.3. The van der Waals surface area contributed by atoms with E-state index in [4.69, 9.17) is 11.6 Å². The predicted octanol–water partition coefficient (Wildman–Crippen LogP) is 3.54. The number of carbonyl (C=O) groups is 2. The van der Waals surface area contributed by atoms with E-state index in [1.165, 1.54) is 35.9 Å². The number of benzene rings is 1. The number of alkyl halides is 3. The fraction of sp³-hybridized carbons (Fsp3) is 0.458. The average molecular weight is 544 g/mol. The van der Waals surface area contributed by atoms with Crippen LogP contribution in [0.1, 0.15) is 17.7 Å². The third-order valence-corrected chi connectivity index (χ3v) is 6.83. The Morgan fingerprint density at radius 2 is 1.95 bits per heavy atom. The molecule has 1 aromatic heterocycles. The van der Waals surface area contributed by atoms with Crippen molar-refractivity contribution in [3.05, 3.63) is 52.4 Å². The second-order valence-electron chi connectivity index (χ2n) is 9.21. The Labute approximate surface area is 216 Å². The number of pyridine rings is 1. The number of anilines is 2. The van der Waals surface area contributed by atoms with Gasteiger partial charge < -0.3 is 14.9 Å². The highest BCUT2D eigenvalue weighted by Crippen LogP contribution is 2.34. The van der Waals surface area contributed by atoms with Crippen LogP contribution in [0.3, 0.4) is 0 Å². The number of aromatic nitrogens is 1. The Morgan fingerprint density at radius 1 is 1.22 bits per heavy atom. The molecule has 3 heterocycles. The van der Waals surface area contributed by atoms with Gasteiger partial charge in [-0.3, -0.25) is 14.6 Å². The number of aryl methyl sites for hydroxylation is 1. The van der Waals surface area contributed by atoms with Gasteiger partial charge in [-0.1, -0.05) is 11.6 Å². The number of hydrogen-bond donors (Lipinski definition) is 1. The van der Waals surface area contributed by atoms with Gasteiger partial charge >= 0.3 is 12.2 Å². The number of likely N-dealkylation sites (tertiary alicyclic amines) is 1. The summed E-state index contributed by atoms with van der Waals surface area (Å²) in [6.07, 6.45) is -4.52. The molecule has 0 saturated carbocycles. The average Bonchev–Trinajstić information content (AvgIpc) is 3.39. The molecule has 2 saturated heterocycles. The molecular formula is C24H26ClF4N5O3. The second-order valence-corrected chi connectivity index (χ2v) is 9.61. The zero-order chi connectivity index (χ0) is 27.1. The van der Waals surface area contributed by atoms with E-state index < -0.39 is 41.6 Å². The number of likely N-dealkylation sites (N-methyl/N-ethyl adjacent to an activating group) is 1. The molecule has 2 aliphatic rings. The molecule has 0 spiro atoms. The maximum Gasteiger partial charge on any atom is 0.416 e. The summed E-state index contributed by atoms with van der Waals surface area (Å²) in [5, 5.41) is 9.55.